The quantitative estimate of drug-likeness (QED) is 0.757. The summed E-state index contributed by atoms with van der Waals surface area (Å²) in [5.74, 6) is 0.800. The van der Waals surface area contributed by atoms with Crippen LogP contribution in [0, 0.1) is 0 Å². The fraction of sp³-hybridized carbons (Fsp3) is 0.533. The maximum atomic E-state index is 11.1. The molecule has 1 unspecified atom stereocenters. The van der Waals surface area contributed by atoms with Gasteiger partial charge < -0.3 is 15.4 Å². The molecule has 1 amide bonds. The average Bonchev–Trinajstić information content (AvgIpc) is 2.45. The van der Waals surface area contributed by atoms with E-state index in [0.29, 0.717) is 19.1 Å². The lowest BCUT2D eigenvalue weighted by Crippen LogP contribution is -2.20. The van der Waals surface area contributed by atoms with Crippen LogP contribution >= 0.6 is 0 Å². The highest BCUT2D eigenvalue weighted by molar-refractivity contribution is 5.75. The lowest BCUT2D eigenvalue weighted by Gasteiger charge is -2.16. The Morgan fingerprint density at radius 3 is 2.47 bits per heavy atom. The molecule has 4 nitrogen and oxygen atoms in total. The van der Waals surface area contributed by atoms with Crippen molar-refractivity contribution in [3.05, 3.63) is 29.8 Å². The Labute approximate surface area is 115 Å². The predicted molar refractivity (Wildman–Crippen MR) is 77.3 cm³/mol. The number of carbonyl (C=O) groups excluding carboxylic acids is 1. The standard InChI is InChI=1S/C15H24N2O2/c1-4-14(17-5-2)12-6-8-13(9-7-12)19-11-10-15(18)16-3/h6-9,14,17H,4-5,10-11H2,1-3H3,(H,16,18). The van der Waals surface area contributed by atoms with Gasteiger partial charge in [-0.15, -0.1) is 0 Å². The van der Waals surface area contributed by atoms with Crippen LogP contribution < -0.4 is 15.4 Å². The summed E-state index contributed by atoms with van der Waals surface area (Å²) in [6.45, 7) is 5.65. The van der Waals surface area contributed by atoms with E-state index in [1.54, 1.807) is 7.05 Å². The lowest BCUT2D eigenvalue weighted by atomic mass is 10.0. The zero-order valence-corrected chi connectivity index (χ0v) is 12.0. The van der Waals surface area contributed by atoms with Crippen molar-refractivity contribution < 1.29 is 9.53 Å². The Morgan fingerprint density at radius 1 is 1.26 bits per heavy atom. The lowest BCUT2D eigenvalue weighted by molar-refractivity contribution is -0.121. The van der Waals surface area contributed by atoms with Gasteiger partial charge in [0, 0.05) is 13.1 Å². The third kappa shape index (κ3) is 5.30. The summed E-state index contributed by atoms with van der Waals surface area (Å²) in [5.41, 5.74) is 1.27. The van der Waals surface area contributed by atoms with E-state index in [2.05, 4.69) is 36.6 Å². The highest BCUT2D eigenvalue weighted by Gasteiger charge is 2.07. The first-order chi connectivity index (χ1) is 9.21. The zero-order valence-electron chi connectivity index (χ0n) is 12.0. The predicted octanol–water partition coefficient (Wildman–Crippen LogP) is 2.26. The highest BCUT2D eigenvalue weighted by Crippen LogP contribution is 2.20. The number of ether oxygens (including phenoxy) is 1. The van der Waals surface area contributed by atoms with Crippen LogP contribution in [0.4, 0.5) is 0 Å². The summed E-state index contributed by atoms with van der Waals surface area (Å²) in [5, 5.41) is 6.01. The van der Waals surface area contributed by atoms with Gasteiger partial charge in [0.15, 0.2) is 0 Å². The molecule has 0 aliphatic heterocycles. The van der Waals surface area contributed by atoms with E-state index in [0.717, 1.165) is 18.7 Å². The third-order valence-electron chi connectivity index (χ3n) is 3.02. The summed E-state index contributed by atoms with van der Waals surface area (Å²) in [7, 11) is 1.63. The fourth-order valence-corrected chi connectivity index (χ4v) is 1.93. The Kier molecular flexibility index (Phi) is 6.97. The summed E-state index contributed by atoms with van der Waals surface area (Å²) in [6, 6.07) is 8.46. The van der Waals surface area contributed by atoms with Crippen LogP contribution in [0.3, 0.4) is 0 Å². The molecule has 1 atom stereocenters. The van der Waals surface area contributed by atoms with Gasteiger partial charge in [-0.1, -0.05) is 26.0 Å². The summed E-state index contributed by atoms with van der Waals surface area (Å²) >= 11 is 0. The normalized spacial score (nSPS) is 11.9. The van der Waals surface area contributed by atoms with Crippen LogP contribution in [0.2, 0.25) is 0 Å². The Morgan fingerprint density at radius 2 is 1.95 bits per heavy atom. The van der Waals surface area contributed by atoms with E-state index in [9.17, 15) is 4.79 Å². The molecule has 1 aromatic rings. The minimum atomic E-state index is -0.00480. The van der Waals surface area contributed by atoms with Gasteiger partial charge in [0.2, 0.25) is 5.91 Å². The molecule has 0 bridgehead atoms. The number of carbonyl (C=O) groups is 1. The number of nitrogens with one attached hydrogen (secondary N) is 2. The smallest absolute Gasteiger partial charge is 0.223 e. The molecule has 0 heterocycles. The fourth-order valence-electron chi connectivity index (χ4n) is 1.93. The van der Waals surface area contributed by atoms with E-state index in [1.165, 1.54) is 5.56 Å². The number of rotatable bonds is 8. The van der Waals surface area contributed by atoms with Gasteiger partial charge in [-0.3, -0.25) is 4.79 Å². The van der Waals surface area contributed by atoms with Gasteiger partial charge in [0.05, 0.1) is 13.0 Å². The maximum Gasteiger partial charge on any atom is 0.223 e. The van der Waals surface area contributed by atoms with E-state index in [-0.39, 0.29) is 5.91 Å². The molecule has 0 saturated heterocycles. The molecule has 4 heteroatoms. The van der Waals surface area contributed by atoms with Crippen molar-refractivity contribution in [1.82, 2.24) is 10.6 Å². The Hall–Kier alpha value is -1.55. The topological polar surface area (TPSA) is 50.4 Å². The molecule has 0 aliphatic carbocycles. The first-order valence-corrected chi connectivity index (χ1v) is 6.88. The zero-order chi connectivity index (χ0) is 14.1. The molecule has 1 rings (SSSR count). The van der Waals surface area contributed by atoms with Crippen molar-refractivity contribution in [3.63, 3.8) is 0 Å². The molecule has 0 spiro atoms. The van der Waals surface area contributed by atoms with Crippen LogP contribution in [-0.4, -0.2) is 26.1 Å². The number of hydrogen-bond acceptors (Lipinski definition) is 3. The van der Waals surface area contributed by atoms with Crippen molar-refractivity contribution >= 4 is 5.91 Å². The molecule has 2 N–H and O–H groups in total. The summed E-state index contributed by atoms with van der Waals surface area (Å²) in [4.78, 5) is 11.1. The molecule has 0 fully saturated rings. The second kappa shape index (κ2) is 8.53. The minimum absolute atomic E-state index is 0.00480. The molecule has 0 saturated carbocycles. The summed E-state index contributed by atoms with van der Waals surface area (Å²) in [6.07, 6.45) is 1.44. The second-order valence-electron chi connectivity index (χ2n) is 4.36. The van der Waals surface area contributed by atoms with Crippen molar-refractivity contribution in [2.75, 3.05) is 20.2 Å². The number of hydrogen-bond donors (Lipinski definition) is 2. The molecule has 0 radical (unpaired) electrons. The van der Waals surface area contributed by atoms with Gasteiger partial charge in [0.1, 0.15) is 5.75 Å². The van der Waals surface area contributed by atoms with Crippen LogP contribution in [0.5, 0.6) is 5.75 Å². The van der Waals surface area contributed by atoms with Gasteiger partial charge in [-0.05, 0) is 30.7 Å². The van der Waals surface area contributed by atoms with Crippen molar-refractivity contribution in [2.24, 2.45) is 0 Å². The van der Waals surface area contributed by atoms with Crippen LogP contribution in [-0.2, 0) is 4.79 Å². The van der Waals surface area contributed by atoms with Crippen LogP contribution in [0.15, 0.2) is 24.3 Å². The molecule has 0 aliphatic rings. The first kappa shape index (κ1) is 15.5. The van der Waals surface area contributed by atoms with Gasteiger partial charge >= 0.3 is 0 Å². The summed E-state index contributed by atoms with van der Waals surface area (Å²) < 4.78 is 5.53. The second-order valence-corrected chi connectivity index (χ2v) is 4.36. The van der Waals surface area contributed by atoms with Crippen molar-refractivity contribution in [1.29, 1.82) is 0 Å². The highest BCUT2D eigenvalue weighted by atomic mass is 16.5. The van der Waals surface area contributed by atoms with E-state index in [4.69, 9.17) is 4.74 Å². The third-order valence-corrected chi connectivity index (χ3v) is 3.02. The SMILES string of the molecule is CCNC(CC)c1ccc(OCCC(=O)NC)cc1. The van der Waals surface area contributed by atoms with Gasteiger partial charge in [0.25, 0.3) is 0 Å². The van der Waals surface area contributed by atoms with Gasteiger partial charge in [-0.25, -0.2) is 0 Å². The maximum absolute atomic E-state index is 11.1. The van der Waals surface area contributed by atoms with Crippen molar-refractivity contribution in [3.8, 4) is 5.75 Å². The van der Waals surface area contributed by atoms with Crippen molar-refractivity contribution in [2.45, 2.75) is 32.7 Å². The molecule has 19 heavy (non-hydrogen) atoms. The minimum Gasteiger partial charge on any atom is -0.493 e. The molecule has 106 valence electrons. The molecular formula is C15H24N2O2. The average molecular weight is 264 g/mol. The first-order valence-electron chi connectivity index (χ1n) is 6.88. The largest absolute Gasteiger partial charge is 0.493 e. The molecule has 1 aromatic carbocycles. The monoisotopic (exact) mass is 264 g/mol. The molecular weight excluding hydrogens is 240 g/mol. The van der Waals surface area contributed by atoms with E-state index >= 15 is 0 Å². The molecule has 0 aromatic heterocycles. The number of benzene rings is 1. The van der Waals surface area contributed by atoms with E-state index in [1.807, 2.05) is 12.1 Å². The van der Waals surface area contributed by atoms with Crippen LogP contribution in [0.1, 0.15) is 38.3 Å². The Bertz CT molecular complexity index is 376. The number of amides is 1. The van der Waals surface area contributed by atoms with Gasteiger partial charge in [-0.2, -0.15) is 0 Å². The van der Waals surface area contributed by atoms with E-state index < -0.39 is 0 Å². The Balaban J connectivity index is 2.49. The van der Waals surface area contributed by atoms with Crippen LogP contribution in [0.25, 0.3) is 0 Å².